The summed E-state index contributed by atoms with van der Waals surface area (Å²) in [7, 11) is 0. The van der Waals surface area contributed by atoms with E-state index in [2.05, 4.69) is 101 Å². The van der Waals surface area contributed by atoms with Gasteiger partial charge in [0.25, 0.3) is 0 Å². The molecule has 0 aliphatic carbocycles. The minimum absolute atomic E-state index is 0.860. The molecular formula is C21H18IN3S. The van der Waals surface area contributed by atoms with Crippen LogP contribution in [0, 0.1) is 24.3 Å². The lowest BCUT2D eigenvalue weighted by Crippen LogP contribution is -1.98. The molecule has 0 unspecified atom stereocenters. The van der Waals surface area contributed by atoms with Crippen molar-refractivity contribution in [2.75, 3.05) is 5.32 Å². The average molecular weight is 471 g/mol. The fourth-order valence-electron chi connectivity index (χ4n) is 3.10. The Labute approximate surface area is 170 Å². The van der Waals surface area contributed by atoms with Gasteiger partial charge in [0.2, 0.25) is 0 Å². The van der Waals surface area contributed by atoms with Crippen molar-refractivity contribution in [1.29, 1.82) is 0 Å². The minimum Gasteiger partial charge on any atom is -0.339 e. The molecule has 5 heteroatoms. The van der Waals surface area contributed by atoms with Crippen molar-refractivity contribution in [1.82, 2.24) is 9.97 Å². The van der Waals surface area contributed by atoms with Gasteiger partial charge >= 0.3 is 0 Å². The van der Waals surface area contributed by atoms with Crippen molar-refractivity contribution in [3.8, 4) is 11.1 Å². The maximum absolute atomic E-state index is 4.57. The number of aryl methyl sites for hydroxylation is 3. The summed E-state index contributed by atoms with van der Waals surface area (Å²) in [5.41, 5.74) is 5.96. The fourth-order valence-corrected chi connectivity index (χ4v) is 4.76. The van der Waals surface area contributed by atoms with Crippen LogP contribution in [0.5, 0.6) is 0 Å². The van der Waals surface area contributed by atoms with Crippen molar-refractivity contribution >= 4 is 55.6 Å². The smallest absolute Gasteiger partial charge is 0.143 e. The highest BCUT2D eigenvalue weighted by Gasteiger charge is 2.17. The molecule has 0 aliphatic rings. The second-order valence-corrected chi connectivity index (χ2v) is 8.83. The molecule has 130 valence electrons. The molecule has 0 bridgehead atoms. The molecule has 4 rings (SSSR count). The predicted octanol–water partition coefficient (Wildman–Crippen LogP) is 6.63. The molecule has 0 saturated carbocycles. The summed E-state index contributed by atoms with van der Waals surface area (Å²) in [6, 6.07) is 15.0. The molecule has 1 N–H and O–H groups in total. The largest absolute Gasteiger partial charge is 0.339 e. The van der Waals surface area contributed by atoms with E-state index in [0.29, 0.717) is 0 Å². The number of benzene rings is 2. The summed E-state index contributed by atoms with van der Waals surface area (Å²) in [6.45, 7) is 6.38. The molecule has 3 nitrogen and oxygen atoms in total. The summed E-state index contributed by atoms with van der Waals surface area (Å²) < 4.78 is 1.23. The quantitative estimate of drug-likeness (QED) is 0.341. The van der Waals surface area contributed by atoms with Crippen LogP contribution in [-0.4, -0.2) is 9.97 Å². The van der Waals surface area contributed by atoms with Gasteiger partial charge in [0.1, 0.15) is 17.0 Å². The highest BCUT2D eigenvalue weighted by molar-refractivity contribution is 14.1. The highest BCUT2D eigenvalue weighted by atomic mass is 127. The van der Waals surface area contributed by atoms with Crippen molar-refractivity contribution < 1.29 is 0 Å². The Morgan fingerprint density at radius 3 is 2.46 bits per heavy atom. The van der Waals surface area contributed by atoms with E-state index in [9.17, 15) is 0 Å². The van der Waals surface area contributed by atoms with Crippen LogP contribution in [0.3, 0.4) is 0 Å². The number of nitrogens with zero attached hydrogens (tertiary/aromatic N) is 2. The van der Waals surface area contributed by atoms with E-state index in [1.807, 2.05) is 0 Å². The molecule has 2 aromatic heterocycles. The van der Waals surface area contributed by atoms with Crippen molar-refractivity contribution in [3.63, 3.8) is 0 Å². The highest BCUT2D eigenvalue weighted by Crippen LogP contribution is 2.41. The van der Waals surface area contributed by atoms with Gasteiger partial charge in [-0.3, -0.25) is 0 Å². The van der Waals surface area contributed by atoms with Gasteiger partial charge in [0, 0.05) is 19.7 Å². The van der Waals surface area contributed by atoms with Gasteiger partial charge < -0.3 is 5.32 Å². The number of fused-ring (bicyclic) bond motifs is 1. The first-order chi connectivity index (χ1) is 12.5. The first-order valence-electron chi connectivity index (χ1n) is 8.37. The maximum Gasteiger partial charge on any atom is 0.143 e. The zero-order chi connectivity index (χ0) is 18.3. The SMILES string of the molecule is Cc1ccc(-c2c(C)sc3ncnc(Nc4ccc(I)cc4C)c23)cc1. The molecule has 0 fully saturated rings. The summed E-state index contributed by atoms with van der Waals surface area (Å²) >= 11 is 4.05. The van der Waals surface area contributed by atoms with E-state index in [1.54, 1.807) is 17.7 Å². The first kappa shape index (κ1) is 17.4. The normalized spacial score (nSPS) is 11.1. The summed E-state index contributed by atoms with van der Waals surface area (Å²) in [5, 5.41) is 4.62. The first-order valence-corrected chi connectivity index (χ1v) is 10.3. The molecule has 0 saturated heterocycles. The van der Waals surface area contributed by atoms with Gasteiger partial charge in [-0.05, 0) is 72.7 Å². The Morgan fingerprint density at radius 1 is 0.962 bits per heavy atom. The van der Waals surface area contributed by atoms with Crippen molar-refractivity contribution in [2.45, 2.75) is 20.8 Å². The van der Waals surface area contributed by atoms with E-state index in [0.717, 1.165) is 21.7 Å². The minimum atomic E-state index is 0.860. The topological polar surface area (TPSA) is 37.8 Å². The second-order valence-electron chi connectivity index (χ2n) is 6.39. The van der Waals surface area contributed by atoms with E-state index in [-0.39, 0.29) is 0 Å². The Morgan fingerprint density at radius 2 is 1.73 bits per heavy atom. The van der Waals surface area contributed by atoms with Crippen molar-refractivity contribution in [2.24, 2.45) is 0 Å². The predicted molar refractivity (Wildman–Crippen MR) is 120 cm³/mol. The second kappa shape index (κ2) is 6.96. The standard InChI is InChI=1S/C21H18IN3S/c1-12-4-6-15(7-5-12)18-14(3)26-21-19(18)20(23-11-24-21)25-17-9-8-16(22)10-13(17)2/h4-11H,1-3H3,(H,23,24,25). The van der Waals surface area contributed by atoms with Gasteiger partial charge in [0.15, 0.2) is 0 Å². The van der Waals surface area contributed by atoms with Crippen LogP contribution in [0.15, 0.2) is 48.8 Å². The van der Waals surface area contributed by atoms with Crippen LogP contribution in [0.25, 0.3) is 21.3 Å². The van der Waals surface area contributed by atoms with Crippen LogP contribution in [0.4, 0.5) is 11.5 Å². The number of halogens is 1. The molecule has 2 heterocycles. The van der Waals surface area contributed by atoms with Crippen LogP contribution < -0.4 is 5.32 Å². The van der Waals surface area contributed by atoms with Crippen LogP contribution in [0.1, 0.15) is 16.0 Å². The Balaban J connectivity index is 1.89. The van der Waals surface area contributed by atoms with Crippen LogP contribution in [0.2, 0.25) is 0 Å². The van der Waals surface area contributed by atoms with Gasteiger partial charge in [-0.1, -0.05) is 29.8 Å². The Bertz CT molecular complexity index is 1100. The summed E-state index contributed by atoms with van der Waals surface area (Å²) in [5.74, 6) is 0.860. The monoisotopic (exact) mass is 471 g/mol. The van der Waals surface area contributed by atoms with E-state index in [4.69, 9.17) is 0 Å². The number of nitrogens with one attached hydrogen (secondary N) is 1. The molecule has 2 aromatic carbocycles. The van der Waals surface area contributed by atoms with Crippen LogP contribution >= 0.6 is 33.9 Å². The number of anilines is 2. The number of thiophene rings is 1. The van der Waals surface area contributed by atoms with E-state index >= 15 is 0 Å². The molecule has 26 heavy (non-hydrogen) atoms. The average Bonchev–Trinajstić information content (AvgIpc) is 2.95. The Hall–Kier alpha value is -1.99. The number of rotatable bonds is 3. The number of hydrogen-bond acceptors (Lipinski definition) is 4. The lowest BCUT2D eigenvalue weighted by Gasteiger charge is -2.11. The molecule has 4 aromatic rings. The third kappa shape index (κ3) is 3.21. The fraction of sp³-hybridized carbons (Fsp3) is 0.143. The lowest BCUT2D eigenvalue weighted by atomic mass is 10.0. The van der Waals surface area contributed by atoms with Crippen molar-refractivity contribution in [3.05, 3.63) is 68.4 Å². The number of hydrogen-bond donors (Lipinski definition) is 1. The zero-order valence-corrected chi connectivity index (χ0v) is 17.8. The van der Waals surface area contributed by atoms with Gasteiger partial charge in [-0.2, -0.15) is 0 Å². The van der Waals surface area contributed by atoms with Gasteiger partial charge in [0.05, 0.1) is 5.39 Å². The molecule has 0 amide bonds. The zero-order valence-electron chi connectivity index (χ0n) is 14.8. The molecule has 0 radical (unpaired) electrons. The molecule has 0 atom stereocenters. The van der Waals surface area contributed by atoms with Gasteiger partial charge in [-0.25, -0.2) is 9.97 Å². The third-order valence-corrected chi connectivity index (χ3v) is 6.13. The van der Waals surface area contributed by atoms with E-state index < -0.39 is 0 Å². The lowest BCUT2D eigenvalue weighted by molar-refractivity contribution is 1.22. The molecular weight excluding hydrogens is 453 g/mol. The molecule has 0 spiro atoms. The maximum atomic E-state index is 4.57. The Kier molecular flexibility index (Phi) is 4.67. The molecule has 0 aliphatic heterocycles. The summed E-state index contributed by atoms with van der Waals surface area (Å²) in [6.07, 6.45) is 1.64. The van der Waals surface area contributed by atoms with Crippen LogP contribution in [-0.2, 0) is 0 Å². The third-order valence-electron chi connectivity index (χ3n) is 4.45. The summed E-state index contributed by atoms with van der Waals surface area (Å²) in [4.78, 5) is 11.3. The van der Waals surface area contributed by atoms with E-state index in [1.165, 1.54) is 30.7 Å². The number of aromatic nitrogens is 2. The van der Waals surface area contributed by atoms with Gasteiger partial charge in [-0.15, -0.1) is 11.3 Å².